The maximum atomic E-state index is 14.7. The Kier molecular flexibility index (Phi) is 8.96. The highest BCUT2D eigenvalue weighted by Crippen LogP contribution is 2.55. The molecule has 48 heavy (non-hydrogen) atoms. The van der Waals surface area contributed by atoms with E-state index in [1.807, 2.05) is 47.4 Å². The van der Waals surface area contributed by atoms with Crippen molar-refractivity contribution >= 4 is 33.2 Å². The van der Waals surface area contributed by atoms with Crippen molar-refractivity contribution < 1.29 is 33.0 Å². The first-order valence-corrected chi connectivity index (χ1v) is 18.7. The van der Waals surface area contributed by atoms with Crippen LogP contribution in [0.1, 0.15) is 74.4 Å². The molecule has 256 valence electrons. The lowest BCUT2D eigenvalue weighted by molar-refractivity contribution is -0.144. The van der Waals surface area contributed by atoms with E-state index in [9.17, 15) is 33.0 Å². The van der Waals surface area contributed by atoms with Crippen molar-refractivity contribution in [3.63, 3.8) is 0 Å². The standard InChI is InChI=1S/C38H46N2O7S/c1-36(2)30(26-9-11-27(12-10-26)34(43)44)15-17-37(3)25-40(20-16-32(36)37)35(45)38(29-7-5-4-6-8-29)18-21-39(22-19-38)33(42)14-13-28-23-48(46,47)24-31(28)41/h4-12,15-16,28,31,41H,13-14,17-25H2,1-3H3,(H,43,44)/t28?,31?,37-/m1/s1. The number of piperidine rings is 1. The first-order valence-electron chi connectivity index (χ1n) is 16.9. The van der Waals surface area contributed by atoms with E-state index in [1.54, 1.807) is 17.0 Å². The van der Waals surface area contributed by atoms with Crippen molar-refractivity contribution in [2.24, 2.45) is 16.7 Å². The van der Waals surface area contributed by atoms with Gasteiger partial charge in [0, 0.05) is 49.3 Å². The number of aliphatic hydroxyl groups is 1. The van der Waals surface area contributed by atoms with Gasteiger partial charge in [0.05, 0.1) is 28.6 Å². The molecule has 0 aromatic heterocycles. The van der Waals surface area contributed by atoms with Gasteiger partial charge in [0.15, 0.2) is 9.84 Å². The Balaban J connectivity index is 1.18. The average Bonchev–Trinajstić information content (AvgIpc) is 3.33. The number of carboxylic acids is 1. The molecule has 0 saturated carbocycles. The first kappa shape index (κ1) is 34.1. The summed E-state index contributed by atoms with van der Waals surface area (Å²) in [6, 6.07) is 16.9. The van der Waals surface area contributed by atoms with Gasteiger partial charge >= 0.3 is 5.97 Å². The van der Waals surface area contributed by atoms with E-state index in [2.05, 4.69) is 32.9 Å². The van der Waals surface area contributed by atoms with Crippen LogP contribution in [-0.4, -0.2) is 90.0 Å². The average molecular weight is 675 g/mol. The number of carbonyl (C=O) groups excluding carboxylic acids is 2. The van der Waals surface area contributed by atoms with Crippen molar-refractivity contribution in [3.05, 3.63) is 89.0 Å². The number of allylic oxidation sites excluding steroid dienone is 2. The smallest absolute Gasteiger partial charge is 0.335 e. The molecule has 2 aromatic carbocycles. The summed E-state index contributed by atoms with van der Waals surface area (Å²) in [6.45, 7) is 8.55. The third-order valence-corrected chi connectivity index (χ3v) is 13.2. The predicted molar refractivity (Wildman–Crippen MR) is 184 cm³/mol. The molecule has 2 unspecified atom stereocenters. The second kappa shape index (κ2) is 12.6. The van der Waals surface area contributed by atoms with Gasteiger partial charge in [0.1, 0.15) is 0 Å². The fourth-order valence-corrected chi connectivity index (χ4v) is 10.8. The van der Waals surface area contributed by atoms with Gasteiger partial charge in [-0.25, -0.2) is 13.2 Å². The molecule has 9 nitrogen and oxygen atoms in total. The van der Waals surface area contributed by atoms with Crippen LogP contribution in [0.15, 0.2) is 72.3 Å². The highest BCUT2D eigenvalue weighted by Gasteiger charge is 2.51. The molecule has 3 heterocycles. The lowest BCUT2D eigenvalue weighted by atomic mass is 9.58. The molecule has 2 amide bonds. The summed E-state index contributed by atoms with van der Waals surface area (Å²) >= 11 is 0. The summed E-state index contributed by atoms with van der Waals surface area (Å²) < 4.78 is 23.8. The number of nitrogens with zero attached hydrogens (tertiary/aromatic N) is 2. The minimum Gasteiger partial charge on any atom is -0.478 e. The van der Waals surface area contributed by atoms with Crippen LogP contribution in [0.5, 0.6) is 0 Å². The summed E-state index contributed by atoms with van der Waals surface area (Å²) in [5, 5.41) is 19.5. The number of amides is 2. The molecule has 2 N–H and O–H groups in total. The molecule has 2 fully saturated rings. The van der Waals surface area contributed by atoms with E-state index in [-0.39, 0.29) is 46.1 Å². The minimum atomic E-state index is -3.26. The number of aromatic carboxylic acids is 1. The molecule has 3 aliphatic heterocycles. The van der Waals surface area contributed by atoms with Gasteiger partial charge in [0.2, 0.25) is 11.8 Å². The number of benzene rings is 2. The van der Waals surface area contributed by atoms with Crippen LogP contribution in [0.3, 0.4) is 0 Å². The van der Waals surface area contributed by atoms with Crippen LogP contribution < -0.4 is 0 Å². The molecule has 10 heteroatoms. The quantitative estimate of drug-likeness (QED) is 0.407. The Morgan fingerprint density at radius 2 is 1.56 bits per heavy atom. The zero-order chi connectivity index (χ0) is 34.5. The van der Waals surface area contributed by atoms with Crippen LogP contribution in [0.25, 0.3) is 5.57 Å². The third-order valence-electron chi connectivity index (χ3n) is 11.4. The Labute approximate surface area is 283 Å². The largest absolute Gasteiger partial charge is 0.478 e. The number of carbonyl (C=O) groups is 3. The molecule has 0 bridgehead atoms. The Morgan fingerprint density at radius 3 is 2.17 bits per heavy atom. The maximum Gasteiger partial charge on any atom is 0.335 e. The zero-order valence-electron chi connectivity index (χ0n) is 28.0. The van der Waals surface area contributed by atoms with E-state index in [1.165, 1.54) is 5.57 Å². The Bertz CT molecular complexity index is 1760. The van der Waals surface area contributed by atoms with E-state index in [0.29, 0.717) is 45.4 Å². The lowest BCUT2D eigenvalue weighted by Crippen LogP contribution is -2.57. The van der Waals surface area contributed by atoms with Crippen LogP contribution >= 0.6 is 0 Å². The molecular weight excluding hydrogens is 628 g/mol. The maximum absolute atomic E-state index is 14.7. The molecule has 0 spiro atoms. The SMILES string of the molecule is CC1(C)C(c2ccc(C(=O)O)cc2)=CC[C@]2(C)CN(C(=O)C3(c4ccccc4)CCN(C(=O)CCC4CS(=O)(=O)CC4O)CC3)CC=C12. The molecule has 2 aromatic rings. The highest BCUT2D eigenvalue weighted by molar-refractivity contribution is 7.91. The molecule has 4 aliphatic rings. The molecule has 3 atom stereocenters. The summed E-state index contributed by atoms with van der Waals surface area (Å²) in [6.07, 6.45) is 5.79. The second-order valence-electron chi connectivity index (χ2n) is 15.0. The van der Waals surface area contributed by atoms with E-state index < -0.39 is 33.2 Å². The lowest BCUT2D eigenvalue weighted by Gasteiger charge is -2.52. The number of likely N-dealkylation sites (tertiary alicyclic amines) is 1. The van der Waals surface area contributed by atoms with Gasteiger partial charge in [-0.15, -0.1) is 0 Å². The Hall–Kier alpha value is -3.76. The van der Waals surface area contributed by atoms with Gasteiger partial charge in [-0.2, -0.15) is 0 Å². The summed E-state index contributed by atoms with van der Waals surface area (Å²) in [5.41, 5.74) is 3.30. The second-order valence-corrected chi connectivity index (χ2v) is 17.1. The van der Waals surface area contributed by atoms with Crippen molar-refractivity contribution in [2.45, 2.75) is 64.4 Å². The summed E-state index contributed by atoms with van der Waals surface area (Å²) in [7, 11) is -3.26. The monoisotopic (exact) mass is 674 g/mol. The zero-order valence-corrected chi connectivity index (χ0v) is 28.8. The van der Waals surface area contributed by atoms with Crippen molar-refractivity contribution in [3.8, 4) is 0 Å². The van der Waals surface area contributed by atoms with Crippen LogP contribution in [0.4, 0.5) is 0 Å². The summed E-state index contributed by atoms with van der Waals surface area (Å²) in [5.74, 6) is -1.67. The Morgan fingerprint density at radius 1 is 0.896 bits per heavy atom. The molecule has 0 radical (unpaired) electrons. The minimum absolute atomic E-state index is 0.0664. The third kappa shape index (κ3) is 6.25. The molecule has 6 rings (SSSR count). The number of hydrogen-bond donors (Lipinski definition) is 2. The van der Waals surface area contributed by atoms with Crippen molar-refractivity contribution in [1.29, 1.82) is 0 Å². The fraction of sp³-hybridized carbons (Fsp3) is 0.500. The molecule has 1 aliphatic carbocycles. The van der Waals surface area contributed by atoms with E-state index >= 15 is 0 Å². The van der Waals surface area contributed by atoms with Crippen molar-refractivity contribution in [2.75, 3.05) is 37.7 Å². The van der Waals surface area contributed by atoms with Gasteiger partial charge < -0.3 is 20.0 Å². The summed E-state index contributed by atoms with van der Waals surface area (Å²) in [4.78, 5) is 43.2. The topological polar surface area (TPSA) is 132 Å². The van der Waals surface area contributed by atoms with Gasteiger partial charge in [-0.3, -0.25) is 9.59 Å². The van der Waals surface area contributed by atoms with Crippen LogP contribution in [-0.2, 0) is 24.8 Å². The number of sulfone groups is 1. The number of aliphatic hydroxyl groups excluding tert-OH is 1. The normalized spacial score (nSPS) is 27.4. The predicted octanol–water partition coefficient (Wildman–Crippen LogP) is 4.72. The molecule has 2 saturated heterocycles. The molecular formula is C38H46N2O7S. The van der Waals surface area contributed by atoms with Gasteiger partial charge in [-0.05, 0) is 54.5 Å². The van der Waals surface area contributed by atoms with E-state index in [0.717, 1.165) is 23.1 Å². The van der Waals surface area contributed by atoms with Gasteiger partial charge in [-0.1, -0.05) is 81.0 Å². The highest BCUT2D eigenvalue weighted by atomic mass is 32.2. The number of hydrogen-bond acceptors (Lipinski definition) is 6. The van der Waals surface area contributed by atoms with Crippen LogP contribution in [0, 0.1) is 16.7 Å². The van der Waals surface area contributed by atoms with Gasteiger partial charge in [0.25, 0.3) is 0 Å². The van der Waals surface area contributed by atoms with Crippen molar-refractivity contribution in [1.82, 2.24) is 9.80 Å². The number of carboxylic acid groups (broad SMARTS) is 1. The number of fused-ring (bicyclic) bond motifs is 1. The first-order chi connectivity index (χ1) is 22.7. The number of rotatable bonds is 7. The van der Waals surface area contributed by atoms with Crippen LogP contribution in [0.2, 0.25) is 0 Å². The fourth-order valence-electron chi connectivity index (χ4n) is 8.82. The van der Waals surface area contributed by atoms with E-state index in [4.69, 9.17) is 0 Å².